The summed E-state index contributed by atoms with van der Waals surface area (Å²) < 4.78 is 1.23. The molecule has 19 heavy (non-hydrogen) atoms. The van der Waals surface area contributed by atoms with Gasteiger partial charge in [0.1, 0.15) is 12.4 Å². The fourth-order valence-corrected chi connectivity index (χ4v) is 1.67. The van der Waals surface area contributed by atoms with Crippen LogP contribution in [0.15, 0.2) is 35.7 Å². The van der Waals surface area contributed by atoms with Gasteiger partial charge in [0.2, 0.25) is 0 Å². The van der Waals surface area contributed by atoms with Crippen LogP contribution in [-0.2, 0) is 0 Å². The number of rotatable bonds is 3. The summed E-state index contributed by atoms with van der Waals surface area (Å²) in [5.41, 5.74) is 6.08. The average Bonchev–Trinajstić information content (AvgIpc) is 2.87. The van der Waals surface area contributed by atoms with Gasteiger partial charge < -0.3 is 10.9 Å². The summed E-state index contributed by atoms with van der Waals surface area (Å²) in [6, 6.07) is 4.59. The van der Waals surface area contributed by atoms with Crippen LogP contribution in [0.1, 0.15) is 5.56 Å². The molecule has 0 spiro atoms. The van der Waals surface area contributed by atoms with E-state index in [0.29, 0.717) is 16.3 Å². The standard InChI is InChI=1S/C10H8ClN5O3/c11-6-1-2-8(10(12)14-17)9(3-6)15-5-7(4-13-15)16(18)19/h1-5,17H,(H2,12,14). The first-order valence-electron chi connectivity index (χ1n) is 5.00. The lowest BCUT2D eigenvalue weighted by Crippen LogP contribution is -2.16. The third-order valence-corrected chi connectivity index (χ3v) is 2.61. The van der Waals surface area contributed by atoms with Gasteiger partial charge in [-0.1, -0.05) is 16.8 Å². The van der Waals surface area contributed by atoms with Gasteiger partial charge in [-0.2, -0.15) is 5.10 Å². The molecule has 0 bridgehead atoms. The second kappa shape index (κ2) is 4.94. The molecular formula is C10H8ClN5O3. The molecule has 0 radical (unpaired) electrons. The van der Waals surface area contributed by atoms with E-state index in [0.717, 1.165) is 6.20 Å². The molecule has 0 saturated carbocycles. The Labute approximate surface area is 111 Å². The number of nitrogens with zero attached hydrogens (tertiary/aromatic N) is 4. The maximum Gasteiger partial charge on any atom is 0.307 e. The van der Waals surface area contributed by atoms with Crippen molar-refractivity contribution in [3.8, 4) is 5.69 Å². The minimum Gasteiger partial charge on any atom is -0.409 e. The monoisotopic (exact) mass is 281 g/mol. The Morgan fingerprint density at radius 3 is 2.89 bits per heavy atom. The lowest BCUT2D eigenvalue weighted by atomic mass is 10.1. The molecular weight excluding hydrogens is 274 g/mol. The molecule has 3 N–H and O–H groups in total. The van der Waals surface area contributed by atoms with Gasteiger partial charge >= 0.3 is 5.69 Å². The highest BCUT2D eigenvalue weighted by molar-refractivity contribution is 6.31. The van der Waals surface area contributed by atoms with Crippen molar-refractivity contribution < 1.29 is 10.1 Å². The van der Waals surface area contributed by atoms with E-state index in [2.05, 4.69) is 10.3 Å². The van der Waals surface area contributed by atoms with Crippen molar-refractivity contribution in [3.63, 3.8) is 0 Å². The molecule has 1 heterocycles. The predicted molar refractivity (Wildman–Crippen MR) is 67.7 cm³/mol. The fourth-order valence-electron chi connectivity index (χ4n) is 1.50. The van der Waals surface area contributed by atoms with Gasteiger partial charge in [-0.05, 0) is 18.2 Å². The van der Waals surface area contributed by atoms with Crippen LogP contribution in [0.4, 0.5) is 5.69 Å². The molecule has 0 atom stereocenters. The van der Waals surface area contributed by atoms with Gasteiger partial charge in [0.05, 0.1) is 10.6 Å². The molecule has 0 aliphatic carbocycles. The number of oxime groups is 1. The molecule has 0 fully saturated rings. The van der Waals surface area contributed by atoms with Gasteiger partial charge in [0.15, 0.2) is 5.84 Å². The summed E-state index contributed by atoms with van der Waals surface area (Å²) in [7, 11) is 0. The van der Waals surface area contributed by atoms with Crippen molar-refractivity contribution in [2.24, 2.45) is 10.9 Å². The molecule has 1 aromatic carbocycles. The highest BCUT2D eigenvalue weighted by atomic mass is 35.5. The minimum atomic E-state index is -0.572. The first-order valence-corrected chi connectivity index (χ1v) is 5.37. The Bertz CT molecular complexity index is 667. The van der Waals surface area contributed by atoms with E-state index in [-0.39, 0.29) is 11.5 Å². The zero-order chi connectivity index (χ0) is 14.0. The van der Waals surface area contributed by atoms with E-state index < -0.39 is 4.92 Å². The van der Waals surface area contributed by atoms with Gasteiger partial charge in [0.25, 0.3) is 0 Å². The van der Waals surface area contributed by atoms with E-state index in [9.17, 15) is 10.1 Å². The molecule has 98 valence electrons. The first-order chi connectivity index (χ1) is 9.02. The van der Waals surface area contributed by atoms with Crippen LogP contribution in [0.2, 0.25) is 5.02 Å². The predicted octanol–water partition coefficient (Wildman–Crippen LogP) is 1.53. The third kappa shape index (κ3) is 2.47. The molecule has 2 aromatic rings. The lowest BCUT2D eigenvalue weighted by molar-refractivity contribution is -0.384. The van der Waals surface area contributed by atoms with Gasteiger partial charge in [-0.25, -0.2) is 4.68 Å². The summed E-state index contributed by atoms with van der Waals surface area (Å²) in [6.07, 6.45) is 2.30. The number of nitro groups is 1. The normalized spacial score (nSPS) is 11.5. The summed E-state index contributed by atoms with van der Waals surface area (Å²) in [4.78, 5) is 10.1. The number of nitrogens with two attached hydrogens (primary N) is 1. The van der Waals surface area contributed by atoms with Crippen LogP contribution in [0.25, 0.3) is 5.69 Å². The Morgan fingerprint density at radius 2 is 2.32 bits per heavy atom. The molecule has 0 aliphatic rings. The highest BCUT2D eigenvalue weighted by Gasteiger charge is 2.14. The Hall–Kier alpha value is -2.61. The first kappa shape index (κ1) is 12.8. The zero-order valence-electron chi connectivity index (χ0n) is 9.39. The van der Waals surface area contributed by atoms with Crippen molar-refractivity contribution >= 4 is 23.1 Å². The van der Waals surface area contributed by atoms with E-state index in [1.165, 1.54) is 23.0 Å². The minimum absolute atomic E-state index is 0.148. The molecule has 9 heteroatoms. The van der Waals surface area contributed by atoms with Crippen molar-refractivity contribution in [3.05, 3.63) is 51.3 Å². The molecule has 0 unspecified atom stereocenters. The topological polar surface area (TPSA) is 120 Å². The second-order valence-corrected chi connectivity index (χ2v) is 3.98. The lowest BCUT2D eigenvalue weighted by Gasteiger charge is -2.08. The fraction of sp³-hybridized carbons (Fsp3) is 0. The zero-order valence-corrected chi connectivity index (χ0v) is 10.2. The molecule has 1 aromatic heterocycles. The van der Waals surface area contributed by atoms with E-state index >= 15 is 0 Å². The van der Waals surface area contributed by atoms with Crippen molar-refractivity contribution in [1.29, 1.82) is 0 Å². The van der Waals surface area contributed by atoms with E-state index in [4.69, 9.17) is 22.5 Å². The highest BCUT2D eigenvalue weighted by Crippen LogP contribution is 2.21. The van der Waals surface area contributed by atoms with Gasteiger partial charge in [-0.3, -0.25) is 10.1 Å². The van der Waals surface area contributed by atoms with E-state index in [1.807, 2.05) is 0 Å². The maximum absolute atomic E-state index is 10.6. The Kier molecular flexibility index (Phi) is 3.34. The number of halogens is 1. The van der Waals surface area contributed by atoms with Crippen LogP contribution < -0.4 is 5.73 Å². The van der Waals surface area contributed by atoms with Crippen LogP contribution in [0, 0.1) is 10.1 Å². The molecule has 2 rings (SSSR count). The molecule has 0 aliphatic heterocycles. The quantitative estimate of drug-likeness (QED) is 0.291. The number of amidine groups is 1. The summed E-state index contributed by atoms with van der Waals surface area (Å²) in [5, 5.41) is 26.5. The van der Waals surface area contributed by atoms with Crippen LogP contribution in [0.5, 0.6) is 0 Å². The number of hydrogen-bond donors (Lipinski definition) is 2. The van der Waals surface area contributed by atoms with Crippen LogP contribution in [0.3, 0.4) is 0 Å². The van der Waals surface area contributed by atoms with Crippen LogP contribution >= 0.6 is 11.6 Å². The summed E-state index contributed by atoms with van der Waals surface area (Å²) >= 11 is 5.87. The smallest absolute Gasteiger partial charge is 0.307 e. The Balaban J connectivity index is 2.59. The number of hydrogen-bond acceptors (Lipinski definition) is 5. The largest absolute Gasteiger partial charge is 0.409 e. The van der Waals surface area contributed by atoms with E-state index in [1.54, 1.807) is 6.07 Å². The van der Waals surface area contributed by atoms with Gasteiger partial charge in [0, 0.05) is 10.6 Å². The number of benzene rings is 1. The molecule has 8 nitrogen and oxygen atoms in total. The number of aromatic nitrogens is 2. The SMILES string of the molecule is N/C(=N/O)c1ccc(Cl)cc1-n1cc([N+](=O)[O-])cn1. The maximum atomic E-state index is 10.6. The average molecular weight is 282 g/mol. The molecule has 0 amide bonds. The van der Waals surface area contributed by atoms with Crippen molar-refractivity contribution in [1.82, 2.24) is 9.78 Å². The Morgan fingerprint density at radius 1 is 1.58 bits per heavy atom. The van der Waals surface area contributed by atoms with Crippen LogP contribution in [-0.4, -0.2) is 25.7 Å². The third-order valence-electron chi connectivity index (χ3n) is 2.37. The summed E-state index contributed by atoms with van der Waals surface area (Å²) in [6.45, 7) is 0. The summed E-state index contributed by atoms with van der Waals surface area (Å²) in [5.74, 6) is -0.148. The molecule has 0 saturated heterocycles. The van der Waals surface area contributed by atoms with Crippen molar-refractivity contribution in [2.45, 2.75) is 0 Å². The second-order valence-electron chi connectivity index (χ2n) is 3.55. The van der Waals surface area contributed by atoms with Crippen molar-refractivity contribution in [2.75, 3.05) is 0 Å². The van der Waals surface area contributed by atoms with Gasteiger partial charge in [-0.15, -0.1) is 0 Å².